The number of sulfone groups is 1. The van der Waals surface area contributed by atoms with Crippen LogP contribution in [-0.4, -0.2) is 87.6 Å². The van der Waals surface area contributed by atoms with Gasteiger partial charge in [-0.3, -0.25) is 4.55 Å². The summed E-state index contributed by atoms with van der Waals surface area (Å²) < 4.78 is 169. The Bertz CT molecular complexity index is 3030. The van der Waals surface area contributed by atoms with Gasteiger partial charge in [0.1, 0.15) is 36.0 Å². The molecule has 0 fully saturated rings. The summed E-state index contributed by atoms with van der Waals surface area (Å²) in [6.45, 7) is -1.04. The van der Waals surface area contributed by atoms with Crippen LogP contribution in [-0.2, 0) is 54.8 Å². The Morgan fingerprint density at radius 3 is 1.75 bits per heavy atom. The number of halogens is 1. The fraction of sp³-hybridized carbons (Fsp3) is 0.0741. The molecule has 0 radical (unpaired) electrons. The van der Waals surface area contributed by atoms with E-state index < -0.39 is 133 Å². The predicted octanol–water partition coefficient (Wildman–Crippen LogP) is -10.0. The SMILES string of the molecule is O=S(=O)(O)OCCS(=O)(=O)c1ccccc1N=Nc1c(S(=O)(=O)[O-])cc2cc(S(=O)(=O)[O-])cc(Nc3nc(Cl)nc(Nc4ccccc4S(=O)(=O)[O-])n3)c2c1[O-].[Na+].[Na+].[Na+].[Na+]. The van der Waals surface area contributed by atoms with Crippen LogP contribution in [0.25, 0.3) is 10.8 Å². The number of azo groups is 1. The molecule has 0 amide bonds. The van der Waals surface area contributed by atoms with Gasteiger partial charge >= 0.3 is 129 Å². The molecular weight excluding hydrogens is 966 g/mol. The number of anilines is 4. The van der Waals surface area contributed by atoms with E-state index in [0.717, 1.165) is 18.2 Å². The van der Waals surface area contributed by atoms with Crippen LogP contribution >= 0.6 is 11.6 Å². The standard InChI is InChI=1S/C27H22ClN7O16S5.4Na/c28-25-31-26(29-16-5-1-4-8-20(16)54(42,43)44)33-27(32-25)30-18-13-15(53(39,40)41)11-14-12-21(55(45,46)47)23(24(36)22(14)18)35-34-17-6-2-3-7-19(17)52(37,38)10-9-51-56(48,49)50;;;;/h1-8,11-13,36H,9-10H2,(H,39,40,41)(H,42,43,44)(H,45,46,47)(H,48,49,50)(H2,29,30,31,32,33);;;;/q;4*+1/p-4. The fourth-order valence-electron chi connectivity index (χ4n) is 4.73. The summed E-state index contributed by atoms with van der Waals surface area (Å²) in [6, 6.07) is 10.8. The second-order valence-corrected chi connectivity index (χ2v) is 18.3. The summed E-state index contributed by atoms with van der Waals surface area (Å²) in [6.07, 6.45) is 0. The number of aromatic nitrogens is 3. The molecule has 298 valence electrons. The third-order valence-corrected chi connectivity index (χ3v) is 11.9. The van der Waals surface area contributed by atoms with Gasteiger partial charge in [0.2, 0.25) is 17.2 Å². The van der Waals surface area contributed by atoms with Gasteiger partial charge < -0.3 is 29.4 Å². The van der Waals surface area contributed by atoms with Crippen LogP contribution in [0.15, 0.2) is 96.5 Å². The monoisotopic (exact) mass is 983 g/mol. The molecule has 4 aromatic carbocycles. The molecule has 0 atom stereocenters. The Hall–Kier alpha value is -1.01. The zero-order valence-corrected chi connectivity index (χ0v) is 43.8. The van der Waals surface area contributed by atoms with Gasteiger partial charge in [-0.1, -0.05) is 30.0 Å². The van der Waals surface area contributed by atoms with Crippen LogP contribution in [0.5, 0.6) is 5.75 Å². The van der Waals surface area contributed by atoms with Gasteiger partial charge in [0.25, 0.3) is 0 Å². The molecule has 0 aliphatic rings. The number of para-hydroxylation sites is 1. The first-order valence-corrected chi connectivity index (χ1v) is 22.0. The molecule has 1 heterocycles. The molecule has 0 aliphatic heterocycles. The number of benzene rings is 4. The van der Waals surface area contributed by atoms with Gasteiger partial charge in [0.15, 0.2) is 9.84 Å². The maximum Gasteiger partial charge on any atom is 1.00 e. The van der Waals surface area contributed by atoms with Crippen molar-refractivity contribution in [3.05, 3.63) is 72.0 Å². The smallest absolute Gasteiger partial charge is 0.870 e. The summed E-state index contributed by atoms with van der Waals surface area (Å²) in [4.78, 5) is 7.64. The summed E-state index contributed by atoms with van der Waals surface area (Å²) in [7, 11) is -25.6. The van der Waals surface area contributed by atoms with Crippen LogP contribution < -0.4 is 134 Å². The Morgan fingerprint density at radius 2 is 1.20 bits per heavy atom. The first-order valence-electron chi connectivity index (χ1n) is 14.4. The molecule has 0 bridgehead atoms. The summed E-state index contributed by atoms with van der Waals surface area (Å²) >= 11 is 6.01. The Balaban J connectivity index is 0.00000450. The molecule has 1 aromatic heterocycles. The molecule has 0 unspecified atom stereocenters. The van der Waals surface area contributed by atoms with Crippen molar-refractivity contribution < 1.29 is 188 Å². The van der Waals surface area contributed by atoms with Gasteiger partial charge in [0.05, 0.1) is 43.3 Å². The van der Waals surface area contributed by atoms with Crippen molar-refractivity contribution in [3.8, 4) is 5.75 Å². The molecule has 33 heteroatoms. The Morgan fingerprint density at radius 1 is 0.667 bits per heavy atom. The maximum atomic E-state index is 14.0. The van der Waals surface area contributed by atoms with Gasteiger partial charge in [-0.05, 0) is 64.8 Å². The van der Waals surface area contributed by atoms with Gasteiger partial charge in [-0.25, -0.2) is 37.9 Å². The Labute approximate surface area is 434 Å². The quantitative estimate of drug-likeness (QED) is 0.0528. The average molecular weight is 984 g/mol. The van der Waals surface area contributed by atoms with E-state index in [0.29, 0.717) is 18.2 Å². The number of nitrogens with one attached hydrogen (secondary N) is 2. The molecule has 0 aliphatic carbocycles. The maximum absolute atomic E-state index is 14.0. The van der Waals surface area contributed by atoms with Gasteiger partial charge in [-0.15, -0.1) is 10.2 Å². The first kappa shape index (κ1) is 57.0. The summed E-state index contributed by atoms with van der Waals surface area (Å²) in [5.74, 6) is -3.65. The molecule has 0 spiro atoms. The number of nitrogens with zero attached hydrogens (tertiary/aromatic N) is 5. The third-order valence-electron chi connectivity index (χ3n) is 6.96. The van der Waals surface area contributed by atoms with Crippen molar-refractivity contribution in [1.29, 1.82) is 0 Å². The molecule has 0 saturated carbocycles. The topological polar surface area (TPSA) is 380 Å². The van der Waals surface area contributed by atoms with E-state index in [9.17, 15) is 60.9 Å². The van der Waals surface area contributed by atoms with Crippen LogP contribution in [0.3, 0.4) is 0 Å². The molecular formula is C27H18ClN7Na4O16S5. The van der Waals surface area contributed by atoms with Gasteiger partial charge in [-0.2, -0.15) is 23.4 Å². The minimum Gasteiger partial charge on any atom is -0.870 e. The molecule has 23 nitrogen and oxygen atoms in total. The van der Waals surface area contributed by atoms with E-state index >= 15 is 0 Å². The van der Waals surface area contributed by atoms with Crippen LogP contribution in [0, 0.1) is 0 Å². The fourth-order valence-corrected chi connectivity index (χ4v) is 8.33. The summed E-state index contributed by atoms with van der Waals surface area (Å²) in [5.41, 5.74) is -2.76. The number of hydrogen-bond acceptors (Lipinski definition) is 22. The van der Waals surface area contributed by atoms with E-state index in [-0.39, 0.29) is 124 Å². The molecule has 5 aromatic rings. The first-order chi connectivity index (χ1) is 25.8. The van der Waals surface area contributed by atoms with Gasteiger partial charge in [0, 0.05) is 5.69 Å². The van der Waals surface area contributed by atoms with E-state index in [4.69, 9.17) is 16.2 Å². The van der Waals surface area contributed by atoms with Crippen molar-refractivity contribution in [2.45, 2.75) is 19.6 Å². The van der Waals surface area contributed by atoms with Crippen molar-refractivity contribution in [3.63, 3.8) is 0 Å². The predicted molar refractivity (Wildman–Crippen MR) is 185 cm³/mol. The largest absolute Gasteiger partial charge is 1.00 e. The molecule has 5 rings (SSSR count). The number of rotatable bonds is 14. The zero-order chi connectivity index (χ0) is 41.4. The molecule has 0 saturated heterocycles. The van der Waals surface area contributed by atoms with Crippen molar-refractivity contribution in [2.75, 3.05) is 23.0 Å². The van der Waals surface area contributed by atoms with Crippen molar-refractivity contribution >= 4 is 108 Å². The van der Waals surface area contributed by atoms with E-state index in [2.05, 4.69) is 40.0 Å². The normalized spacial score (nSPS) is 12.1. The van der Waals surface area contributed by atoms with Crippen LogP contribution in [0.2, 0.25) is 5.28 Å². The zero-order valence-electron chi connectivity index (χ0n) is 31.0. The van der Waals surface area contributed by atoms with Crippen molar-refractivity contribution in [1.82, 2.24) is 15.0 Å². The number of hydrogen-bond donors (Lipinski definition) is 3. The molecule has 60 heavy (non-hydrogen) atoms. The number of fused-ring (bicyclic) bond motifs is 1. The second kappa shape index (κ2) is 22.3. The second-order valence-electron chi connectivity index (χ2n) is 10.7. The van der Waals surface area contributed by atoms with Crippen LogP contribution in [0.1, 0.15) is 0 Å². The van der Waals surface area contributed by atoms with E-state index in [1.54, 1.807) is 0 Å². The minimum absolute atomic E-state index is 0. The van der Waals surface area contributed by atoms with E-state index in [1.807, 2.05) is 0 Å². The third kappa shape index (κ3) is 14.8. The molecule has 3 N–H and O–H groups in total. The Kier molecular flexibility index (Phi) is 21.1. The van der Waals surface area contributed by atoms with Crippen LogP contribution in [0.4, 0.5) is 34.6 Å². The average Bonchev–Trinajstić information content (AvgIpc) is 3.05. The summed E-state index contributed by atoms with van der Waals surface area (Å²) in [5, 5.41) is 24.1. The van der Waals surface area contributed by atoms with E-state index in [1.165, 1.54) is 30.3 Å². The minimum atomic E-state index is -5.68. The van der Waals surface area contributed by atoms with Crippen molar-refractivity contribution in [2.24, 2.45) is 10.2 Å².